The molecule has 0 saturated carbocycles. The summed E-state index contributed by atoms with van der Waals surface area (Å²) in [6.45, 7) is 9.36. The molecule has 0 bridgehead atoms. The molecule has 7 heteroatoms. The largest absolute Gasteiger partial charge is 0.473 e. The number of aliphatic carboxylic acids is 2. The lowest BCUT2D eigenvalue weighted by atomic mass is 9.82. The van der Waals surface area contributed by atoms with Gasteiger partial charge in [-0.25, -0.2) is 9.59 Å². The van der Waals surface area contributed by atoms with Crippen molar-refractivity contribution in [3.05, 3.63) is 42.5 Å². The van der Waals surface area contributed by atoms with Crippen molar-refractivity contribution in [2.75, 3.05) is 31.1 Å². The first kappa shape index (κ1) is 18.7. The van der Waals surface area contributed by atoms with E-state index in [0.29, 0.717) is 0 Å². The van der Waals surface area contributed by atoms with Crippen LogP contribution >= 0.6 is 0 Å². The standard InChI is InChI=1S/C16H20N2O.C2H2O4/c1-3-9-17-10-8-16(11-17)12-18(13(2)19)15-7-5-4-6-14(15)16;3-1(4)2(5)6/h3-7H,1,8-12H2,2H3;(H,3,4)(H,5,6). The lowest BCUT2D eigenvalue weighted by molar-refractivity contribution is -0.159. The van der Waals surface area contributed by atoms with Gasteiger partial charge in [0.05, 0.1) is 0 Å². The maximum Gasteiger partial charge on any atom is 0.414 e. The van der Waals surface area contributed by atoms with Crippen LogP contribution in [0.4, 0.5) is 5.69 Å². The molecule has 0 aliphatic carbocycles. The van der Waals surface area contributed by atoms with Crippen molar-refractivity contribution in [2.45, 2.75) is 18.8 Å². The number of para-hydroxylation sites is 1. The third-order valence-corrected chi connectivity index (χ3v) is 4.61. The summed E-state index contributed by atoms with van der Waals surface area (Å²) in [5, 5.41) is 14.8. The van der Waals surface area contributed by atoms with Gasteiger partial charge in [-0.05, 0) is 24.6 Å². The average molecular weight is 346 g/mol. The Morgan fingerprint density at radius 3 is 2.40 bits per heavy atom. The van der Waals surface area contributed by atoms with Crippen molar-refractivity contribution in [1.29, 1.82) is 0 Å². The highest BCUT2D eigenvalue weighted by molar-refractivity contribution is 6.27. The van der Waals surface area contributed by atoms with E-state index in [9.17, 15) is 4.79 Å². The molecule has 1 aromatic rings. The van der Waals surface area contributed by atoms with E-state index in [4.69, 9.17) is 19.8 Å². The molecule has 25 heavy (non-hydrogen) atoms. The number of hydrogen-bond acceptors (Lipinski definition) is 4. The number of hydrogen-bond donors (Lipinski definition) is 2. The van der Waals surface area contributed by atoms with Crippen molar-refractivity contribution in [2.24, 2.45) is 0 Å². The van der Waals surface area contributed by atoms with Crippen molar-refractivity contribution in [1.82, 2.24) is 4.90 Å². The Morgan fingerprint density at radius 2 is 1.84 bits per heavy atom. The Hall–Kier alpha value is -2.67. The van der Waals surface area contributed by atoms with Crippen molar-refractivity contribution in [3.63, 3.8) is 0 Å². The summed E-state index contributed by atoms with van der Waals surface area (Å²) in [4.78, 5) is 34.4. The van der Waals surface area contributed by atoms with Crippen LogP contribution in [0, 0.1) is 0 Å². The highest BCUT2D eigenvalue weighted by Gasteiger charge is 2.47. The molecule has 1 amide bonds. The first-order valence-corrected chi connectivity index (χ1v) is 7.98. The second-order valence-corrected chi connectivity index (χ2v) is 6.29. The fourth-order valence-corrected chi connectivity index (χ4v) is 3.56. The number of carboxylic acid groups (broad SMARTS) is 2. The van der Waals surface area contributed by atoms with Crippen LogP contribution in [-0.4, -0.2) is 59.1 Å². The number of likely N-dealkylation sites (tertiary alicyclic amines) is 1. The summed E-state index contributed by atoms with van der Waals surface area (Å²) in [5.74, 6) is -3.50. The highest BCUT2D eigenvalue weighted by Crippen LogP contribution is 2.46. The van der Waals surface area contributed by atoms with Gasteiger partial charge in [0.1, 0.15) is 0 Å². The molecule has 1 aromatic carbocycles. The number of carbonyl (C=O) groups excluding carboxylic acids is 1. The molecule has 7 nitrogen and oxygen atoms in total. The van der Waals surface area contributed by atoms with E-state index in [-0.39, 0.29) is 11.3 Å². The fraction of sp³-hybridized carbons (Fsp3) is 0.389. The highest BCUT2D eigenvalue weighted by atomic mass is 16.4. The van der Waals surface area contributed by atoms with E-state index < -0.39 is 11.9 Å². The average Bonchev–Trinajstić information content (AvgIpc) is 3.11. The predicted molar refractivity (Wildman–Crippen MR) is 92.7 cm³/mol. The molecule has 2 aliphatic rings. The van der Waals surface area contributed by atoms with E-state index in [1.165, 1.54) is 5.56 Å². The second kappa shape index (κ2) is 7.48. The normalized spacial score (nSPS) is 21.4. The lowest BCUT2D eigenvalue weighted by Crippen LogP contribution is -2.38. The number of rotatable bonds is 2. The quantitative estimate of drug-likeness (QED) is 0.619. The van der Waals surface area contributed by atoms with Crippen LogP contribution in [0.2, 0.25) is 0 Å². The summed E-state index contributed by atoms with van der Waals surface area (Å²) < 4.78 is 0. The van der Waals surface area contributed by atoms with Gasteiger partial charge in [-0.2, -0.15) is 0 Å². The molecule has 3 rings (SSSR count). The van der Waals surface area contributed by atoms with E-state index in [1.54, 1.807) is 6.92 Å². The van der Waals surface area contributed by atoms with Crippen LogP contribution in [0.5, 0.6) is 0 Å². The fourth-order valence-electron chi connectivity index (χ4n) is 3.56. The van der Waals surface area contributed by atoms with Crippen LogP contribution < -0.4 is 4.90 Å². The monoisotopic (exact) mass is 346 g/mol. The molecule has 2 N–H and O–H groups in total. The van der Waals surface area contributed by atoms with E-state index in [1.807, 2.05) is 17.0 Å². The summed E-state index contributed by atoms with van der Waals surface area (Å²) in [7, 11) is 0. The minimum absolute atomic E-state index is 0.130. The van der Waals surface area contributed by atoms with Gasteiger partial charge in [0.15, 0.2) is 0 Å². The number of carboxylic acids is 2. The zero-order valence-corrected chi connectivity index (χ0v) is 14.1. The third kappa shape index (κ3) is 3.88. The van der Waals surface area contributed by atoms with Gasteiger partial charge in [0.25, 0.3) is 0 Å². The molecule has 1 atom stereocenters. The molecule has 0 radical (unpaired) electrons. The maximum atomic E-state index is 11.9. The van der Waals surface area contributed by atoms with Gasteiger partial charge in [0, 0.05) is 37.7 Å². The molecule has 2 heterocycles. The smallest absolute Gasteiger partial charge is 0.414 e. The number of nitrogens with zero attached hydrogens (tertiary/aromatic N) is 2. The molecular weight excluding hydrogens is 324 g/mol. The zero-order valence-electron chi connectivity index (χ0n) is 14.1. The molecule has 0 aromatic heterocycles. The summed E-state index contributed by atoms with van der Waals surface area (Å²) in [6, 6.07) is 8.36. The summed E-state index contributed by atoms with van der Waals surface area (Å²) in [6.07, 6.45) is 3.09. The molecule has 2 aliphatic heterocycles. The molecular formula is C18H22N2O5. The number of anilines is 1. The molecule has 1 spiro atoms. The van der Waals surface area contributed by atoms with Crippen LogP contribution in [0.1, 0.15) is 18.9 Å². The van der Waals surface area contributed by atoms with Gasteiger partial charge in [-0.3, -0.25) is 9.69 Å². The summed E-state index contributed by atoms with van der Waals surface area (Å²) in [5.41, 5.74) is 2.58. The third-order valence-electron chi connectivity index (χ3n) is 4.61. The van der Waals surface area contributed by atoms with Crippen molar-refractivity contribution < 1.29 is 24.6 Å². The minimum atomic E-state index is -1.82. The lowest BCUT2D eigenvalue weighted by Gasteiger charge is -2.25. The second-order valence-electron chi connectivity index (χ2n) is 6.29. The van der Waals surface area contributed by atoms with Crippen LogP contribution in [0.25, 0.3) is 0 Å². The number of amides is 1. The Kier molecular flexibility index (Phi) is 5.58. The molecule has 134 valence electrons. The van der Waals surface area contributed by atoms with Crippen LogP contribution in [0.3, 0.4) is 0 Å². The molecule has 1 fully saturated rings. The zero-order chi connectivity index (χ0) is 18.6. The Labute approximate surface area is 146 Å². The van der Waals surface area contributed by atoms with Crippen LogP contribution in [0.15, 0.2) is 36.9 Å². The van der Waals surface area contributed by atoms with Gasteiger partial charge in [-0.1, -0.05) is 24.3 Å². The minimum Gasteiger partial charge on any atom is -0.473 e. The maximum absolute atomic E-state index is 11.9. The summed E-state index contributed by atoms with van der Waals surface area (Å²) >= 11 is 0. The number of carbonyl (C=O) groups is 3. The Balaban J connectivity index is 0.000000326. The number of fused-ring (bicyclic) bond motifs is 2. The van der Waals surface area contributed by atoms with Gasteiger partial charge < -0.3 is 15.1 Å². The van der Waals surface area contributed by atoms with Gasteiger partial charge in [-0.15, -0.1) is 6.58 Å². The first-order valence-electron chi connectivity index (χ1n) is 7.98. The van der Waals surface area contributed by atoms with Crippen LogP contribution in [-0.2, 0) is 19.8 Å². The molecule has 1 saturated heterocycles. The van der Waals surface area contributed by atoms with Crippen molar-refractivity contribution >= 4 is 23.5 Å². The SMILES string of the molecule is C=CCN1CCC2(C1)CN(C(C)=O)c1ccccc12.O=C(O)C(=O)O. The number of benzene rings is 1. The predicted octanol–water partition coefficient (Wildman–Crippen LogP) is 1.34. The Bertz CT molecular complexity index is 690. The first-order chi connectivity index (χ1) is 11.8. The topological polar surface area (TPSA) is 98.2 Å². The van der Waals surface area contributed by atoms with E-state index in [2.05, 4.69) is 29.7 Å². The van der Waals surface area contributed by atoms with Crippen molar-refractivity contribution in [3.8, 4) is 0 Å². The van der Waals surface area contributed by atoms with Gasteiger partial charge >= 0.3 is 11.9 Å². The van der Waals surface area contributed by atoms with E-state index in [0.717, 1.165) is 38.3 Å². The van der Waals surface area contributed by atoms with E-state index >= 15 is 0 Å². The van der Waals surface area contributed by atoms with Gasteiger partial charge in [0.2, 0.25) is 5.91 Å². The Morgan fingerprint density at radius 1 is 1.20 bits per heavy atom. The molecule has 1 unspecified atom stereocenters.